The highest BCUT2D eigenvalue weighted by Gasteiger charge is 2.64. The molecule has 2 N–H and O–H groups in total. The van der Waals surface area contributed by atoms with Crippen molar-refractivity contribution in [2.45, 2.75) is 76.8 Å². The molecule has 1 fully saturated rings. The fourth-order valence-corrected chi connectivity index (χ4v) is 7.16. The van der Waals surface area contributed by atoms with Gasteiger partial charge in [-0.15, -0.1) is 0 Å². The number of nitrogens with zero attached hydrogens (tertiary/aromatic N) is 2. The maximum absolute atomic E-state index is 16.2. The van der Waals surface area contributed by atoms with Crippen LogP contribution in [0.4, 0.5) is 14.5 Å². The highest BCUT2D eigenvalue weighted by molar-refractivity contribution is 6.31. The van der Waals surface area contributed by atoms with E-state index in [0.717, 1.165) is 18.9 Å². The third-order valence-corrected chi connectivity index (χ3v) is 9.29. The average molecular weight is 687 g/mol. The first-order valence-electron chi connectivity index (χ1n) is 15.5. The van der Waals surface area contributed by atoms with Crippen molar-refractivity contribution >= 4 is 40.8 Å². The number of halogens is 4. The summed E-state index contributed by atoms with van der Waals surface area (Å²) in [4.78, 5) is 28.3. The molecule has 0 aliphatic carbocycles. The van der Waals surface area contributed by atoms with E-state index in [-0.39, 0.29) is 38.2 Å². The van der Waals surface area contributed by atoms with Crippen LogP contribution in [0.15, 0.2) is 54.6 Å². The lowest BCUT2D eigenvalue weighted by Gasteiger charge is -2.39. The SMILES string of the molecule is CCCCCN1[C@@H](CC(C)(C)C)[C@](C#N)(c2ccc(Cl)cc2F)[C@@H](c2cccc(Cl)c2F)[C@@H]1C(=O)Nc1ccc(C(=O)O)c(OC)c1. The van der Waals surface area contributed by atoms with E-state index < -0.39 is 52.3 Å². The third-order valence-electron chi connectivity index (χ3n) is 8.76. The Bertz CT molecular complexity index is 1690. The first-order valence-corrected chi connectivity index (χ1v) is 16.2. The molecule has 1 heterocycles. The number of hydrogen-bond donors (Lipinski definition) is 2. The van der Waals surface area contributed by atoms with Crippen molar-refractivity contribution < 1.29 is 28.2 Å². The molecule has 0 aromatic heterocycles. The number of rotatable bonds is 11. The topological polar surface area (TPSA) is 103 Å². The molecule has 1 saturated heterocycles. The Morgan fingerprint density at radius 2 is 1.83 bits per heavy atom. The lowest BCUT2D eigenvalue weighted by atomic mass is 9.62. The van der Waals surface area contributed by atoms with Crippen molar-refractivity contribution in [2.75, 3.05) is 19.0 Å². The van der Waals surface area contributed by atoms with Crippen LogP contribution in [0.2, 0.25) is 10.0 Å². The molecule has 0 spiro atoms. The molecule has 0 saturated carbocycles. The minimum atomic E-state index is -1.77. The number of hydrogen-bond acceptors (Lipinski definition) is 5. The highest BCUT2D eigenvalue weighted by Crippen LogP contribution is 2.57. The van der Waals surface area contributed by atoms with Crippen LogP contribution in [-0.2, 0) is 10.2 Å². The summed E-state index contributed by atoms with van der Waals surface area (Å²) in [6.07, 6.45) is 2.73. The summed E-state index contributed by atoms with van der Waals surface area (Å²) >= 11 is 12.5. The van der Waals surface area contributed by atoms with E-state index in [1.165, 1.54) is 49.6 Å². The Morgan fingerprint density at radius 3 is 2.43 bits per heavy atom. The number of aromatic carboxylic acids is 1. The first-order chi connectivity index (χ1) is 22.2. The minimum Gasteiger partial charge on any atom is -0.496 e. The Labute approximate surface area is 284 Å². The van der Waals surface area contributed by atoms with E-state index >= 15 is 8.78 Å². The van der Waals surface area contributed by atoms with Gasteiger partial charge in [-0.05, 0) is 60.7 Å². The van der Waals surface area contributed by atoms with Crippen LogP contribution in [0.25, 0.3) is 0 Å². The van der Waals surface area contributed by atoms with Gasteiger partial charge in [-0.1, -0.05) is 81.9 Å². The van der Waals surface area contributed by atoms with Gasteiger partial charge in [0, 0.05) is 34.3 Å². The van der Waals surface area contributed by atoms with Gasteiger partial charge in [0.25, 0.3) is 0 Å². The molecular formula is C36H39Cl2F2N3O4. The molecule has 0 unspecified atom stereocenters. The molecule has 250 valence electrons. The van der Waals surface area contributed by atoms with Gasteiger partial charge in [0.1, 0.15) is 28.4 Å². The largest absolute Gasteiger partial charge is 0.496 e. The maximum Gasteiger partial charge on any atom is 0.339 e. The molecule has 3 aromatic rings. The molecule has 3 aromatic carbocycles. The monoisotopic (exact) mass is 685 g/mol. The van der Waals surface area contributed by atoms with E-state index in [1.54, 1.807) is 6.07 Å². The number of nitriles is 1. The molecule has 4 atom stereocenters. The number of methoxy groups -OCH3 is 1. The van der Waals surface area contributed by atoms with Crippen LogP contribution in [-0.4, -0.2) is 47.6 Å². The Balaban J connectivity index is 2.04. The number of carboxylic acid groups (broad SMARTS) is 1. The zero-order chi connectivity index (χ0) is 34.7. The minimum absolute atomic E-state index is 0.00394. The van der Waals surface area contributed by atoms with E-state index in [2.05, 4.69) is 11.4 Å². The summed E-state index contributed by atoms with van der Waals surface area (Å²) in [5, 5.41) is 23.7. The average Bonchev–Trinajstić information content (AvgIpc) is 3.26. The predicted octanol–water partition coefficient (Wildman–Crippen LogP) is 8.84. The number of benzene rings is 3. The molecular weight excluding hydrogens is 647 g/mol. The number of likely N-dealkylation sites (tertiary alicyclic amines) is 1. The van der Waals surface area contributed by atoms with Crippen molar-refractivity contribution in [1.82, 2.24) is 4.90 Å². The van der Waals surface area contributed by atoms with Crippen LogP contribution in [0.5, 0.6) is 5.75 Å². The number of carboxylic acids is 1. The standard InChI is InChI=1S/C36H39Cl2F2N3O4/c1-6-7-8-16-43-29(19-35(2,3)4)36(20-41,25-15-12-21(37)17-27(25)39)30(24-10-9-11-26(38)31(24)40)32(43)33(44)42-22-13-14-23(34(45)46)28(18-22)47-5/h9-15,17-18,29-30,32H,6-8,16,19H2,1-5H3,(H,42,44)(H,45,46)/t29-,30-,32+,36-/m0/s1. The smallest absolute Gasteiger partial charge is 0.339 e. The fourth-order valence-electron chi connectivity index (χ4n) is 6.82. The van der Waals surface area contributed by atoms with Crippen LogP contribution < -0.4 is 10.1 Å². The quantitative estimate of drug-likeness (QED) is 0.196. The molecule has 0 radical (unpaired) electrons. The van der Waals surface area contributed by atoms with E-state index in [1.807, 2.05) is 32.6 Å². The van der Waals surface area contributed by atoms with Crippen LogP contribution >= 0.6 is 23.2 Å². The predicted molar refractivity (Wildman–Crippen MR) is 179 cm³/mol. The zero-order valence-electron chi connectivity index (χ0n) is 27.0. The van der Waals surface area contributed by atoms with Gasteiger partial charge in [-0.3, -0.25) is 9.69 Å². The number of anilines is 1. The van der Waals surface area contributed by atoms with Crippen molar-refractivity contribution in [1.29, 1.82) is 5.26 Å². The van der Waals surface area contributed by atoms with Crippen LogP contribution in [0, 0.1) is 28.4 Å². The van der Waals surface area contributed by atoms with E-state index in [9.17, 15) is 20.0 Å². The summed E-state index contributed by atoms with van der Waals surface area (Å²) < 4.78 is 37.6. The molecule has 4 rings (SSSR count). The first kappa shape index (κ1) is 36.1. The lowest BCUT2D eigenvalue weighted by molar-refractivity contribution is -0.121. The zero-order valence-corrected chi connectivity index (χ0v) is 28.6. The van der Waals surface area contributed by atoms with E-state index in [0.29, 0.717) is 19.4 Å². The summed E-state index contributed by atoms with van der Waals surface area (Å²) in [5.41, 5.74) is -2.03. The second-order valence-electron chi connectivity index (χ2n) is 13.1. The fraction of sp³-hybridized carbons (Fsp3) is 0.417. The van der Waals surface area contributed by atoms with Crippen molar-refractivity contribution in [3.8, 4) is 11.8 Å². The lowest BCUT2D eigenvalue weighted by Crippen LogP contribution is -2.48. The van der Waals surface area contributed by atoms with Crippen molar-refractivity contribution in [3.63, 3.8) is 0 Å². The van der Waals surface area contributed by atoms with E-state index in [4.69, 9.17) is 27.9 Å². The molecule has 7 nitrogen and oxygen atoms in total. The van der Waals surface area contributed by atoms with Gasteiger partial charge < -0.3 is 15.2 Å². The molecule has 11 heteroatoms. The maximum atomic E-state index is 16.2. The molecule has 1 aliphatic heterocycles. The van der Waals surface area contributed by atoms with Crippen LogP contribution in [0.1, 0.15) is 80.8 Å². The number of carbonyl (C=O) groups is 2. The second-order valence-corrected chi connectivity index (χ2v) is 13.9. The summed E-state index contributed by atoms with van der Waals surface area (Å²) in [6, 6.07) is 13.1. The normalized spacial score (nSPS) is 21.3. The van der Waals surface area contributed by atoms with Gasteiger partial charge in [0.2, 0.25) is 5.91 Å². The number of nitrogens with one attached hydrogen (secondary N) is 1. The Morgan fingerprint density at radius 1 is 1.11 bits per heavy atom. The number of carbonyl (C=O) groups excluding carboxylic acids is 1. The van der Waals surface area contributed by atoms with Gasteiger partial charge in [-0.25, -0.2) is 13.6 Å². The van der Waals surface area contributed by atoms with Crippen molar-refractivity contribution in [2.24, 2.45) is 5.41 Å². The highest BCUT2D eigenvalue weighted by atomic mass is 35.5. The third kappa shape index (κ3) is 7.25. The second kappa shape index (κ2) is 14.6. The Kier molecular flexibility index (Phi) is 11.2. The molecule has 1 amide bonds. The number of ether oxygens (including phenoxy) is 1. The number of amides is 1. The van der Waals surface area contributed by atoms with Crippen LogP contribution in [0.3, 0.4) is 0 Å². The molecule has 0 bridgehead atoms. The summed E-state index contributed by atoms with van der Waals surface area (Å²) in [6.45, 7) is 8.40. The van der Waals surface area contributed by atoms with Crippen molar-refractivity contribution in [3.05, 3.63) is 93.0 Å². The summed E-state index contributed by atoms with van der Waals surface area (Å²) in [5.74, 6) is -4.53. The van der Waals surface area contributed by atoms with Gasteiger partial charge in [-0.2, -0.15) is 5.26 Å². The van der Waals surface area contributed by atoms with Gasteiger partial charge in [0.15, 0.2) is 0 Å². The molecule has 1 aliphatic rings. The summed E-state index contributed by atoms with van der Waals surface area (Å²) in [7, 11) is 1.32. The van der Waals surface area contributed by atoms with Gasteiger partial charge in [0.05, 0.1) is 24.2 Å². The van der Waals surface area contributed by atoms with Gasteiger partial charge >= 0.3 is 5.97 Å². The number of unbranched alkanes of at least 4 members (excludes halogenated alkanes) is 2. The Hall–Kier alpha value is -3.71. The molecule has 47 heavy (non-hydrogen) atoms.